The third kappa shape index (κ3) is 3.86. The third-order valence-electron chi connectivity index (χ3n) is 2.37. The molecule has 1 aromatic rings. The fourth-order valence-corrected chi connectivity index (χ4v) is 1.42. The molecule has 0 saturated heterocycles. The van der Waals surface area contributed by atoms with Gasteiger partial charge in [-0.3, -0.25) is 14.7 Å². The molecule has 0 radical (unpaired) electrons. The second-order valence-electron chi connectivity index (χ2n) is 3.41. The van der Waals surface area contributed by atoms with E-state index in [0.29, 0.717) is 26.1 Å². The van der Waals surface area contributed by atoms with Crippen molar-refractivity contribution in [3.63, 3.8) is 0 Å². The predicted molar refractivity (Wildman–Crippen MR) is 61.3 cm³/mol. The van der Waals surface area contributed by atoms with Gasteiger partial charge in [-0.1, -0.05) is 0 Å². The van der Waals surface area contributed by atoms with Crippen LogP contribution in [0.5, 0.6) is 0 Å². The lowest BCUT2D eigenvalue weighted by Crippen LogP contribution is -2.34. The molecule has 0 unspecified atom stereocenters. The zero-order chi connectivity index (χ0) is 12.7. The molecule has 0 aliphatic carbocycles. The molecule has 0 aliphatic heterocycles. The van der Waals surface area contributed by atoms with Gasteiger partial charge in [0.2, 0.25) is 11.7 Å². The first kappa shape index (κ1) is 13.1. The molecule has 0 spiro atoms. The van der Waals surface area contributed by atoms with Crippen LogP contribution in [-0.4, -0.2) is 51.5 Å². The van der Waals surface area contributed by atoms with Gasteiger partial charge >= 0.3 is 0 Å². The van der Waals surface area contributed by atoms with Gasteiger partial charge in [-0.25, -0.2) is 4.98 Å². The zero-order valence-corrected chi connectivity index (χ0v) is 10.1. The highest BCUT2D eigenvalue weighted by Crippen LogP contribution is 1.93. The normalized spacial score (nSPS) is 10.0. The van der Waals surface area contributed by atoms with Crippen LogP contribution in [0.4, 0.5) is 0 Å². The molecule has 1 rings (SSSR count). The van der Waals surface area contributed by atoms with Crippen LogP contribution in [0.15, 0.2) is 6.33 Å². The minimum atomic E-state index is -0.352. The van der Waals surface area contributed by atoms with Crippen LogP contribution in [0.1, 0.15) is 30.9 Å². The lowest BCUT2D eigenvalue weighted by atomic mass is 10.3. The van der Waals surface area contributed by atoms with Crippen LogP contribution in [0.25, 0.3) is 0 Å². The summed E-state index contributed by atoms with van der Waals surface area (Å²) in [7, 11) is 0. The van der Waals surface area contributed by atoms with Gasteiger partial charge in [0.1, 0.15) is 6.33 Å². The standard InChI is InChI=1S/C10H17N5O2/c1-3-15(4-2)8(16)5-6-11-10(17)9-12-7-13-14-9/h7H,3-6H2,1-2H3,(H,11,17)(H,12,13,14). The van der Waals surface area contributed by atoms with E-state index < -0.39 is 0 Å². The van der Waals surface area contributed by atoms with Gasteiger partial charge < -0.3 is 10.2 Å². The number of H-pyrrole nitrogens is 1. The van der Waals surface area contributed by atoms with E-state index >= 15 is 0 Å². The van der Waals surface area contributed by atoms with Gasteiger partial charge in [0.15, 0.2) is 0 Å². The molecule has 1 heterocycles. The Morgan fingerprint density at radius 3 is 2.65 bits per heavy atom. The number of rotatable bonds is 6. The minimum absolute atomic E-state index is 0.0351. The summed E-state index contributed by atoms with van der Waals surface area (Å²) in [6, 6.07) is 0. The molecule has 0 aromatic carbocycles. The number of hydrogen-bond donors (Lipinski definition) is 2. The molecule has 7 nitrogen and oxygen atoms in total. The quantitative estimate of drug-likeness (QED) is 0.718. The number of carbonyl (C=O) groups is 2. The maximum atomic E-state index is 11.6. The van der Waals surface area contributed by atoms with Gasteiger partial charge in [-0.2, -0.15) is 5.10 Å². The van der Waals surface area contributed by atoms with Crippen LogP contribution in [-0.2, 0) is 4.79 Å². The molecule has 0 bridgehead atoms. The van der Waals surface area contributed by atoms with Crippen LogP contribution in [0, 0.1) is 0 Å². The summed E-state index contributed by atoms with van der Waals surface area (Å²) in [5.74, 6) is -0.164. The molecule has 7 heteroatoms. The Bertz CT molecular complexity index is 359. The largest absolute Gasteiger partial charge is 0.349 e. The van der Waals surface area contributed by atoms with Crippen molar-refractivity contribution in [1.29, 1.82) is 0 Å². The maximum Gasteiger partial charge on any atom is 0.288 e. The second kappa shape index (κ2) is 6.62. The van der Waals surface area contributed by atoms with Crippen LogP contribution >= 0.6 is 0 Å². The molecule has 0 aliphatic rings. The van der Waals surface area contributed by atoms with E-state index in [2.05, 4.69) is 20.5 Å². The van der Waals surface area contributed by atoms with Gasteiger partial charge in [-0.15, -0.1) is 0 Å². The van der Waals surface area contributed by atoms with Gasteiger partial charge in [0.05, 0.1) is 0 Å². The summed E-state index contributed by atoms with van der Waals surface area (Å²) < 4.78 is 0. The molecule has 0 fully saturated rings. The Morgan fingerprint density at radius 2 is 2.12 bits per heavy atom. The topological polar surface area (TPSA) is 91.0 Å². The number of nitrogens with one attached hydrogen (secondary N) is 2. The fraction of sp³-hybridized carbons (Fsp3) is 0.600. The Morgan fingerprint density at radius 1 is 1.41 bits per heavy atom. The van der Waals surface area contributed by atoms with E-state index in [9.17, 15) is 9.59 Å². The van der Waals surface area contributed by atoms with Crippen LogP contribution in [0.3, 0.4) is 0 Å². The monoisotopic (exact) mass is 239 g/mol. The van der Waals surface area contributed by atoms with Crippen molar-refractivity contribution in [2.75, 3.05) is 19.6 Å². The van der Waals surface area contributed by atoms with E-state index in [1.54, 1.807) is 4.90 Å². The highest BCUT2D eigenvalue weighted by Gasteiger charge is 2.11. The van der Waals surface area contributed by atoms with Crippen molar-refractivity contribution in [3.05, 3.63) is 12.2 Å². The predicted octanol–water partition coefficient (Wildman–Crippen LogP) is -0.207. The number of aromatic amines is 1. The molecular weight excluding hydrogens is 222 g/mol. The van der Waals surface area contributed by atoms with E-state index in [-0.39, 0.29) is 17.6 Å². The summed E-state index contributed by atoms with van der Waals surface area (Å²) in [4.78, 5) is 28.5. The van der Waals surface area contributed by atoms with E-state index in [0.717, 1.165) is 0 Å². The molecule has 17 heavy (non-hydrogen) atoms. The average molecular weight is 239 g/mol. The lowest BCUT2D eigenvalue weighted by Gasteiger charge is -2.18. The summed E-state index contributed by atoms with van der Waals surface area (Å²) in [5, 5.41) is 8.62. The fourth-order valence-electron chi connectivity index (χ4n) is 1.42. The highest BCUT2D eigenvalue weighted by molar-refractivity contribution is 5.90. The third-order valence-corrected chi connectivity index (χ3v) is 2.37. The van der Waals surface area contributed by atoms with Gasteiger partial charge in [-0.05, 0) is 13.8 Å². The lowest BCUT2D eigenvalue weighted by molar-refractivity contribution is -0.130. The first-order chi connectivity index (χ1) is 8.19. The van der Waals surface area contributed by atoms with Crippen molar-refractivity contribution < 1.29 is 9.59 Å². The Hall–Kier alpha value is -1.92. The van der Waals surface area contributed by atoms with Crippen LogP contribution < -0.4 is 5.32 Å². The summed E-state index contributed by atoms with van der Waals surface area (Å²) >= 11 is 0. The van der Waals surface area contributed by atoms with E-state index in [1.807, 2.05) is 13.8 Å². The van der Waals surface area contributed by atoms with Crippen molar-refractivity contribution >= 4 is 11.8 Å². The molecule has 0 atom stereocenters. The first-order valence-electron chi connectivity index (χ1n) is 5.60. The van der Waals surface area contributed by atoms with Crippen molar-refractivity contribution in [1.82, 2.24) is 25.4 Å². The first-order valence-corrected chi connectivity index (χ1v) is 5.60. The second-order valence-corrected chi connectivity index (χ2v) is 3.41. The Labute approximate surface area is 99.6 Å². The number of amides is 2. The van der Waals surface area contributed by atoms with Gasteiger partial charge in [0, 0.05) is 26.1 Å². The molecule has 0 saturated carbocycles. The smallest absolute Gasteiger partial charge is 0.288 e. The van der Waals surface area contributed by atoms with Crippen molar-refractivity contribution in [3.8, 4) is 0 Å². The van der Waals surface area contributed by atoms with Crippen LogP contribution in [0.2, 0.25) is 0 Å². The number of aromatic nitrogens is 3. The average Bonchev–Trinajstić information content (AvgIpc) is 2.84. The van der Waals surface area contributed by atoms with Crippen molar-refractivity contribution in [2.45, 2.75) is 20.3 Å². The minimum Gasteiger partial charge on any atom is -0.349 e. The number of hydrogen-bond acceptors (Lipinski definition) is 4. The Balaban J connectivity index is 2.28. The molecule has 1 aromatic heterocycles. The van der Waals surface area contributed by atoms with E-state index in [4.69, 9.17) is 0 Å². The van der Waals surface area contributed by atoms with Gasteiger partial charge in [0.25, 0.3) is 5.91 Å². The van der Waals surface area contributed by atoms with Crippen molar-refractivity contribution in [2.24, 2.45) is 0 Å². The van der Waals surface area contributed by atoms with E-state index in [1.165, 1.54) is 6.33 Å². The maximum absolute atomic E-state index is 11.6. The Kier molecular flexibility index (Phi) is 5.12. The summed E-state index contributed by atoms with van der Waals surface area (Å²) in [6.07, 6.45) is 1.55. The molecule has 2 N–H and O–H groups in total. The molecule has 94 valence electrons. The summed E-state index contributed by atoms with van der Waals surface area (Å²) in [5.41, 5.74) is 0. The molecular formula is C10H17N5O2. The summed E-state index contributed by atoms with van der Waals surface area (Å²) in [6.45, 7) is 5.52. The SMILES string of the molecule is CCN(CC)C(=O)CCNC(=O)c1ncn[nH]1. The number of nitrogens with zero attached hydrogens (tertiary/aromatic N) is 3. The number of carbonyl (C=O) groups excluding carboxylic acids is 2. The zero-order valence-electron chi connectivity index (χ0n) is 10.1. The highest BCUT2D eigenvalue weighted by atomic mass is 16.2. The molecule has 2 amide bonds.